The standard InChI is InChI=1S/C23H33N5O2S/c1-4-17(15-29)11-13-24-21-20(22-27-18-9-5-6-10-19(18)31-22)16(2)26-23(28-21)25-12-7-8-14-30-3/h5-6,9-10,17,29H,4,7-8,11-15H2,1-3H3,(H2,24,25,26,28)/t17-/m0/s1. The Kier molecular flexibility index (Phi) is 8.99. The Morgan fingerprint density at radius 3 is 2.68 bits per heavy atom. The number of fused-ring (bicyclic) bond motifs is 1. The number of rotatable bonds is 13. The van der Waals surface area contributed by atoms with E-state index in [9.17, 15) is 5.11 Å². The minimum absolute atomic E-state index is 0.208. The Morgan fingerprint density at radius 2 is 1.94 bits per heavy atom. The number of aryl methyl sites for hydroxylation is 1. The number of ether oxygens (including phenoxy) is 1. The summed E-state index contributed by atoms with van der Waals surface area (Å²) in [6.45, 7) is 6.61. The van der Waals surface area contributed by atoms with Crippen molar-refractivity contribution in [1.29, 1.82) is 0 Å². The fourth-order valence-corrected chi connectivity index (χ4v) is 4.47. The first kappa shape index (κ1) is 23.4. The first-order valence-electron chi connectivity index (χ1n) is 11.0. The van der Waals surface area contributed by atoms with Crippen LogP contribution < -0.4 is 10.6 Å². The molecular weight excluding hydrogens is 410 g/mol. The summed E-state index contributed by atoms with van der Waals surface area (Å²) in [6.07, 6.45) is 3.83. The van der Waals surface area contributed by atoms with Crippen LogP contribution in [0.15, 0.2) is 24.3 Å². The third-order valence-corrected chi connectivity index (χ3v) is 6.39. The summed E-state index contributed by atoms with van der Waals surface area (Å²) >= 11 is 1.65. The van der Waals surface area contributed by atoms with Crippen LogP contribution >= 0.6 is 11.3 Å². The molecule has 0 fully saturated rings. The van der Waals surface area contributed by atoms with E-state index in [1.165, 1.54) is 0 Å². The van der Waals surface area contributed by atoms with Crippen molar-refractivity contribution in [2.24, 2.45) is 5.92 Å². The molecule has 3 rings (SSSR count). The van der Waals surface area contributed by atoms with Crippen molar-refractivity contribution >= 4 is 33.3 Å². The van der Waals surface area contributed by atoms with Crippen molar-refractivity contribution in [3.05, 3.63) is 30.0 Å². The zero-order valence-corrected chi connectivity index (χ0v) is 19.5. The highest BCUT2D eigenvalue weighted by Gasteiger charge is 2.18. The lowest BCUT2D eigenvalue weighted by atomic mass is 10.0. The van der Waals surface area contributed by atoms with Gasteiger partial charge >= 0.3 is 0 Å². The Balaban J connectivity index is 1.84. The van der Waals surface area contributed by atoms with Crippen LogP contribution in [0.5, 0.6) is 0 Å². The number of anilines is 2. The minimum atomic E-state index is 0.208. The van der Waals surface area contributed by atoms with Gasteiger partial charge in [0.05, 0.1) is 21.5 Å². The molecule has 168 valence electrons. The summed E-state index contributed by atoms with van der Waals surface area (Å²) in [5, 5.41) is 17.2. The van der Waals surface area contributed by atoms with E-state index in [0.717, 1.165) is 77.7 Å². The number of aliphatic hydroxyl groups excluding tert-OH is 1. The third-order valence-electron chi connectivity index (χ3n) is 5.34. The summed E-state index contributed by atoms with van der Waals surface area (Å²) in [5.74, 6) is 1.70. The van der Waals surface area contributed by atoms with Crippen LogP contribution in [0.4, 0.5) is 11.8 Å². The number of nitrogens with one attached hydrogen (secondary N) is 2. The largest absolute Gasteiger partial charge is 0.396 e. The average molecular weight is 444 g/mol. The second-order valence-corrected chi connectivity index (χ2v) is 8.67. The van der Waals surface area contributed by atoms with Gasteiger partial charge in [0.15, 0.2) is 0 Å². The monoisotopic (exact) mass is 443 g/mol. The molecule has 1 aromatic carbocycles. The van der Waals surface area contributed by atoms with Gasteiger partial charge in [0, 0.05) is 33.4 Å². The number of methoxy groups -OCH3 is 1. The number of para-hydroxylation sites is 1. The first-order valence-corrected chi connectivity index (χ1v) is 11.8. The summed E-state index contributed by atoms with van der Waals surface area (Å²) in [5.41, 5.74) is 2.83. The molecule has 2 heterocycles. The van der Waals surface area contributed by atoms with Crippen LogP contribution in [0.1, 0.15) is 38.3 Å². The number of thiazole rings is 1. The maximum Gasteiger partial charge on any atom is 0.224 e. The van der Waals surface area contributed by atoms with Gasteiger partial charge in [0.2, 0.25) is 5.95 Å². The van der Waals surface area contributed by atoms with Crippen LogP contribution in [0.2, 0.25) is 0 Å². The van der Waals surface area contributed by atoms with Gasteiger partial charge in [-0.15, -0.1) is 11.3 Å². The molecule has 3 N–H and O–H groups in total. The number of hydrogen-bond donors (Lipinski definition) is 3. The number of benzene rings is 1. The van der Waals surface area contributed by atoms with E-state index >= 15 is 0 Å². The number of aliphatic hydroxyl groups is 1. The van der Waals surface area contributed by atoms with Crippen molar-refractivity contribution in [2.45, 2.75) is 39.5 Å². The summed E-state index contributed by atoms with van der Waals surface area (Å²) < 4.78 is 6.26. The first-order chi connectivity index (χ1) is 15.2. The molecule has 2 aromatic heterocycles. The van der Waals surface area contributed by atoms with Crippen molar-refractivity contribution in [1.82, 2.24) is 15.0 Å². The van der Waals surface area contributed by atoms with Gasteiger partial charge in [-0.2, -0.15) is 4.98 Å². The highest BCUT2D eigenvalue weighted by atomic mass is 32.1. The van der Waals surface area contributed by atoms with Gasteiger partial charge in [-0.05, 0) is 44.2 Å². The molecule has 31 heavy (non-hydrogen) atoms. The fraction of sp³-hybridized carbons (Fsp3) is 0.522. The maximum absolute atomic E-state index is 9.50. The quantitative estimate of drug-likeness (QED) is 0.329. The van der Waals surface area contributed by atoms with E-state index in [1.807, 2.05) is 25.1 Å². The van der Waals surface area contributed by atoms with Gasteiger partial charge in [-0.25, -0.2) is 9.97 Å². The SMILES string of the molecule is CC[C@H](CO)CCNc1nc(NCCCCOC)nc(C)c1-c1nc2ccccc2s1. The second kappa shape index (κ2) is 11.9. The van der Waals surface area contributed by atoms with E-state index in [1.54, 1.807) is 18.4 Å². The molecule has 0 spiro atoms. The highest BCUT2D eigenvalue weighted by molar-refractivity contribution is 7.21. The zero-order valence-electron chi connectivity index (χ0n) is 18.6. The van der Waals surface area contributed by atoms with Crippen LogP contribution in [-0.4, -0.2) is 53.5 Å². The lowest BCUT2D eigenvalue weighted by Gasteiger charge is -2.16. The average Bonchev–Trinajstić information content (AvgIpc) is 3.20. The molecular formula is C23H33N5O2S. The fourth-order valence-electron chi connectivity index (χ4n) is 3.41. The number of unbranched alkanes of at least 4 members (excludes halogenated alkanes) is 1. The molecule has 0 amide bonds. The second-order valence-electron chi connectivity index (χ2n) is 7.64. The lowest BCUT2D eigenvalue weighted by molar-refractivity contribution is 0.193. The zero-order chi connectivity index (χ0) is 22.1. The predicted octanol–water partition coefficient (Wildman–Crippen LogP) is 4.72. The van der Waals surface area contributed by atoms with Crippen molar-refractivity contribution < 1.29 is 9.84 Å². The molecule has 0 bridgehead atoms. The predicted molar refractivity (Wildman–Crippen MR) is 129 cm³/mol. The lowest BCUT2D eigenvalue weighted by Crippen LogP contribution is -2.15. The molecule has 0 radical (unpaired) electrons. The number of nitrogens with zero attached hydrogens (tertiary/aromatic N) is 3. The van der Waals surface area contributed by atoms with E-state index in [-0.39, 0.29) is 6.61 Å². The number of hydrogen-bond acceptors (Lipinski definition) is 8. The highest BCUT2D eigenvalue weighted by Crippen LogP contribution is 2.36. The van der Waals surface area contributed by atoms with Gasteiger partial charge in [-0.1, -0.05) is 25.5 Å². The van der Waals surface area contributed by atoms with Gasteiger partial charge in [-0.3, -0.25) is 0 Å². The summed E-state index contributed by atoms with van der Waals surface area (Å²) in [6, 6.07) is 8.15. The molecule has 0 saturated carbocycles. The van der Waals surface area contributed by atoms with Crippen LogP contribution in [-0.2, 0) is 4.74 Å². The minimum Gasteiger partial charge on any atom is -0.396 e. The maximum atomic E-state index is 9.50. The third kappa shape index (κ3) is 6.35. The normalized spacial score (nSPS) is 12.3. The molecule has 0 aliphatic heterocycles. The smallest absolute Gasteiger partial charge is 0.224 e. The van der Waals surface area contributed by atoms with Crippen LogP contribution in [0.25, 0.3) is 20.8 Å². The topological polar surface area (TPSA) is 92.2 Å². The summed E-state index contributed by atoms with van der Waals surface area (Å²) in [4.78, 5) is 14.3. The van der Waals surface area contributed by atoms with Gasteiger partial charge in [0.1, 0.15) is 10.8 Å². The van der Waals surface area contributed by atoms with Crippen molar-refractivity contribution in [3.8, 4) is 10.6 Å². The van der Waals surface area contributed by atoms with Gasteiger partial charge < -0.3 is 20.5 Å². The molecule has 1 atom stereocenters. The Hall–Kier alpha value is -2.29. The Labute approximate surface area is 188 Å². The molecule has 7 nitrogen and oxygen atoms in total. The van der Waals surface area contributed by atoms with E-state index in [4.69, 9.17) is 19.7 Å². The van der Waals surface area contributed by atoms with Gasteiger partial charge in [0.25, 0.3) is 0 Å². The molecule has 3 aromatic rings. The molecule has 0 unspecified atom stereocenters. The van der Waals surface area contributed by atoms with Crippen molar-refractivity contribution in [2.75, 3.05) is 44.0 Å². The van der Waals surface area contributed by atoms with E-state index in [0.29, 0.717) is 11.9 Å². The van der Waals surface area contributed by atoms with E-state index < -0.39 is 0 Å². The van der Waals surface area contributed by atoms with Crippen molar-refractivity contribution in [3.63, 3.8) is 0 Å². The Bertz CT molecular complexity index is 925. The van der Waals surface area contributed by atoms with E-state index in [2.05, 4.69) is 23.6 Å². The molecule has 0 aliphatic carbocycles. The molecule has 0 aliphatic rings. The van der Waals surface area contributed by atoms with Crippen LogP contribution in [0, 0.1) is 12.8 Å². The Morgan fingerprint density at radius 1 is 1.10 bits per heavy atom. The summed E-state index contributed by atoms with van der Waals surface area (Å²) in [7, 11) is 1.72. The number of aromatic nitrogens is 3. The molecule has 0 saturated heterocycles. The van der Waals surface area contributed by atoms with Crippen LogP contribution in [0.3, 0.4) is 0 Å². The molecule has 8 heteroatoms.